The van der Waals surface area contributed by atoms with Crippen LogP contribution in [0, 0.1) is 11.8 Å². The van der Waals surface area contributed by atoms with Crippen LogP contribution in [0.4, 0.5) is 0 Å². The fourth-order valence-electron chi connectivity index (χ4n) is 2.70. The summed E-state index contributed by atoms with van der Waals surface area (Å²) in [6.07, 6.45) is -0.673. The maximum absolute atomic E-state index is 12.7. The fraction of sp³-hybridized carbons (Fsp3) is 0.789. The molecule has 0 radical (unpaired) electrons. The number of aliphatic carboxylic acids is 1. The molecular weight excluding hydrogens is 396 g/mol. The van der Waals surface area contributed by atoms with Crippen LogP contribution in [0.25, 0.3) is 0 Å². The van der Waals surface area contributed by atoms with Gasteiger partial charge in [-0.05, 0) is 31.6 Å². The van der Waals surface area contributed by atoms with Gasteiger partial charge in [0.15, 0.2) is 0 Å². The molecule has 5 atom stereocenters. The Bertz CT molecular complexity index is 595. The first kappa shape index (κ1) is 27.8. The Morgan fingerprint density at radius 2 is 1.30 bits per heavy atom. The van der Waals surface area contributed by atoms with E-state index < -0.39 is 60.6 Å². The number of rotatable bonds is 13. The lowest BCUT2D eigenvalue weighted by atomic mass is 10.00. The Hall–Kier alpha value is -2.24. The number of amides is 3. The molecule has 0 saturated heterocycles. The molecule has 0 aliphatic rings. The van der Waals surface area contributed by atoms with E-state index in [1.165, 1.54) is 6.92 Å². The number of hydrogen-bond acceptors (Lipinski definition) is 7. The zero-order valence-corrected chi connectivity index (χ0v) is 18.2. The van der Waals surface area contributed by atoms with Gasteiger partial charge >= 0.3 is 5.97 Å². The summed E-state index contributed by atoms with van der Waals surface area (Å²) in [5, 5.41) is 34.9. The molecule has 0 aliphatic heterocycles. The van der Waals surface area contributed by atoms with Crippen LogP contribution in [0.15, 0.2) is 0 Å². The number of carboxylic acids is 1. The summed E-state index contributed by atoms with van der Waals surface area (Å²) in [4.78, 5) is 48.4. The van der Waals surface area contributed by atoms with Gasteiger partial charge in [-0.2, -0.15) is 0 Å². The van der Waals surface area contributed by atoms with Crippen LogP contribution in [-0.2, 0) is 19.2 Å². The first-order valence-electron chi connectivity index (χ1n) is 9.98. The van der Waals surface area contributed by atoms with E-state index in [4.69, 9.17) is 15.9 Å². The average molecular weight is 433 g/mol. The van der Waals surface area contributed by atoms with Crippen LogP contribution in [-0.4, -0.2) is 75.9 Å². The van der Waals surface area contributed by atoms with Crippen molar-refractivity contribution in [1.82, 2.24) is 16.0 Å². The Kier molecular flexibility index (Phi) is 12.2. The van der Waals surface area contributed by atoms with Gasteiger partial charge in [0.1, 0.15) is 18.1 Å². The molecule has 11 heteroatoms. The van der Waals surface area contributed by atoms with Gasteiger partial charge in [-0.1, -0.05) is 27.7 Å². The highest BCUT2D eigenvalue weighted by Gasteiger charge is 2.32. The first-order valence-corrected chi connectivity index (χ1v) is 9.98. The number of carbonyl (C=O) groups excluding carboxylic acids is 3. The summed E-state index contributed by atoms with van der Waals surface area (Å²) in [5.41, 5.74) is 5.87. The highest BCUT2D eigenvalue weighted by molar-refractivity contribution is 5.94. The van der Waals surface area contributed by atoms with Crippen LogP contribution in [0.2, 0.25) is 0 Å². The zero-order valence-electron chi connectivity index (χ0n) is 18.2. The van der Waals surface area contributed by atoms with Crippen molar-refractivity contribution in [3.05, 3.63) is 0 Å². The summed E-state index contributed by atoms with van der Waals surface area (Å²) < 4.78 is 0. The molecule has 3 amide bonds. The van der Waals surface area contributed by atoms with Crippen molar-refractivity contribution in [3.63, 3.8) is 0 Å². The molecule has 0 heterocycles. The topological polar surface area (TPSA) is 191 Å². The second-order valence-electron chi connectivity index (χ2n) is 8.24. The highest BCUT2D eigenvalue weighted by atomic mass is 16.4. The fourth-order valence-corrected chi connectivity index (χ4v) is 2.70. The van der Waals surface area contributed by atoms with Gasteiger partial charge < -0.3 is 37.0 Å². The number of nitrogens with one attached hydrogen (secondary N) is 3. The van der Waals surface area contributed by atoms with E-state index in [1.54, 1.807) is 0 Å². The third kappa shape index (κ3) is 9.99. The Labute approximate surface area is 176 Å². The molecule has 0 saturated carbocycles. The Morgan fingerprint density at radius 1 is 0.800 bits per heavy atom. The van der Waals surface area contributed by atoms with Gasteiger partial charge in [-0.3, -0.25) is 14.4 Å². The SMILES string of the molecule is CC(C)CC(N)C(=O)NC(CC(C)C)C(=O)NC(C(=O)NC(CO)C(=O)O)C(C)O. The molecule has 0 bridgehead atoms. The number of nitrogens with two attached hydrogens (primary N) is 1. The molecule has 30 heavy (non-hydrogen) atoms. The number of aliphatic hydroxyl groups excluding tert-OH is 2. The van der Waals surface area contributed by atoms with Gasteiger partial charge in [0.2, 0.25) is 17.7 Å². The van der Waals surface area contributed by atoms with E-state index >= 15 is 0 Å². The number of carbonyl (C=O) groups is 4. The molecule has 0 rings (SSSR count). The Balaban J connectivity index is 5.33. The minimum Gasteiger partial charge on any atom is -0.480 e. The quantitative estimate of drug-likeness (QED) is 0.179. The lowest BCUT2D eigenvalue weighted by Gasteiger charge is -2.27. The molecule has 0 aromatic rings. The molecule has 0 aromatic carbocycles. The second kappa shape index (κ2) is 13.1. The van der Waals surface area contributed by atoms with Crippen LogP contribution >= 0.6 is 0 Å². The largest absolute Gasteiger partial charge is 0.480 e. The van der Waals surface area contributed by atoms with Gasteiger partial charge in [0.25, 0.3) is 0 Å². The van der Waals surface area contributed by atoms with E-state index in [9.17, 15) is 24.3 Å². The minimum atomic E-state index is -1.59. The summed E-state index contributed by atoms with van der Waals surface area (Å²) in [5.74, 6) is -3.47. The average Bonchev–Trinajstić information content (AvgIpc) is 2.61. The van der Waals surface area contributed by atoms with E-state index in [0.29, 0.717) is 6.42 Å². The van der Waals surface area contributed by atoms with Gasteiger partial charge in [-0.15, -0.1) is 0 Å². The molecule has 0 fully saturated rings. The first-order chi connectivity index (χ1) is 13.8. The van der Waals surface area contributed by atoms with Gasteiger partial charge in [-0.25, -0.2) is 4.79 Å². The number of hydrogen-bond donors (Lipinski definition) is 7. The van der Waals surface area contributed by atoms with Crippen molar-refractivity contribution < 1.29 is 34.5 Å². The van der Waals surface area contributed by atoms with Gasteiger partial charge in [0.05, 0.1) is 18.8 Å². The molecule has 5 unspecified atom stereocenters. The molecule has 0 aromatic heterocycles. The third-order valence-corrected chi connectivity index (χ3v) is 4.26. The molecular formula is C19H36N4O7. The van der Waals surface area contributed by atoms with Crippen molar-refractivity contribution in [3.8, 4) is 0 Å². The monoisotopic (exact) mass is 432 g/mol. The maximum atomic E-state index is 12.7. The summed E-state index contributed by atoms with van der Waals surface area (Å²) in [6, 6.07) is -4.88. The highest BCUT2D eigenvalue weighted by Crippen LogP contribution is 2.08. The lowest BCUT2D eigenvalue weighted by Crippen LogP contribution is -2.60. The third-order valence-electron chi connectivity index (χ3n) is 4.26. The van der Waals surface area contributed by atoms with Crippen molar-refractivity contribution in [2.75, 3.05) is 6.61 Å². The zero-order chi connectivity index (χ0) is 23.6. The van der Waals surface area contributed by atoms with Crippen LogP contribution < -0.4 is 21.7 Å². The van der Waals surface area contributed by atoms with E-state index in [-0.39, 0.29) is 18.3 Å². The Morgan fingerprint density at radius 3 is 1.70 bits per heavy atom. The van der Waals surface area contributed by atoms with Crippen molar-refractivity contribution in [2.45, 2.75) is 77.7 Å². The smallest absolute Gasteiger partial charge is 0.328 e. The van der Waals surface area contributed by atoms with Crippen molar-refractivity contribution in [2.24, 2.45) is 17.6 Å². The predicted octanol–water partition coefficient (Wildman–Crippen LogP) is -1.68. The van der Waals surface area contributed by atoms with E-state index in [0.717, 1.165) is 0 Å². The minimum absolute atomic E-state index is 0.0204. The summed E-state index contributed by atoms with van der Waals surface area (Å²) in [7, 11) is 0. The molecule has 0 aliphatic carbocycles. The second-order valence-corrected chi connectivity index (χ2v) is 8.24. The summed E-state index contributed by atoms with van der Waals surface area (Å²) in [6.45, 7) is 7.90. The standard InChI is InChI=1S/C19H36N4O7/c1-9(2)6-12(20)16(26)21-13(7-10(3)4)17(27)23-15(11(5)25)18(28)22-14(8-24)19(29)30/h9-15,24-25H,6-8,20H2,1-5H3,(H,21,26)(H,22,28)(H,23,27)(H,29,30). The van der Waals surface area contributed by atoms with Gasteiger partial charge in [0, 0.05) is 0 Å². The van der Waals surface area contributed by atoms with E-state index in [1.807, 2.05) is 33.0 Å². The molecule has 11 nitrogen and oxygen atoms in total. The van der Waals surface area contributed by atoms with Crippen LogP contribution in [0.5, 0.6) is 0 Å². The number of aliphatic hydroxyl groups is 2. The maximum Gasteiger partial charge on any atom is 0.328 e. The number of carboxylic acid groups (broad SMARTS) is 1. The lowest BCUT2D eigenvalue weighted by molar-refractivity contribution is -0.144. The molecule has 8 N–H and O–H groups in total. The van der Waals surface area contributed by atoms with Crippen molar-refractivity contribution >= 4 is 23.7 Å². The van der Waals surface area contributed by atoms with Crippen molar-refractivity contribution in [1.29, 1.82) is 0 Å². The predicted molar refractivity (Wildman–Crippen MR) is 109 cm³/mol. The van der Waals surface area contributed by atoms with E-state index in [2.05, 4.69) is 10.6 Å². The van der Waals surface area contributed by atoms with Crippen LogP contribution in [0.1, 0.15) is 47.5 Å². The van der Waals surface area contributed by atoms with Crippen LogP contribution in [0.3, 0.4) is 0 Å². The molecule has 0 spiro atoms. The normalized spacial score (nSPS) is 16.3. The summed E-state index contributed by atoms with van der Waals surface area (Å²) >= 11 is 0. The molecule has 174 valence electrons.